The van der Waals surface area contributed by atoms with Crippen LogP contribution in [-0.4, -0.2) is 0 Å². The quantitative estimate of drug-likeness (QED) is 0.400. The molecule has 0 atom stereocenters. The molecule has 2 aromatic heterocycles. The van der Waals surface area contributed by atoms with Crippen LogP contribution in [0.3, 0.4) is 0 Å². The Kier molecular flexibility index (Phi) is 7.66. The molecular weight excluding hydrogens is 316 g/mol. The summed E-state index contributed by atoms with van der Waals surface area (Å²) < 4.78 is 4.40. The third kappa shape index (κ3) is 6.23. The Morgan fingerprint density at radius 2 is 1.27 bits per heavy atom. The standard InChI is InChI=1S/C24H36N2/c1-25-18-13-23(14-19-25)24-15-20-26(21-16-24)17-9-5-3-2-4-6-10-22-11-7-8-12-22/h13-16,18-22H,2-12,17H2,1H3/q+2. The van der Waals surface area contributed by atoms with Gasteiger partial charge in [0.2, 0.25) is 0 Å². The van der Waals surface area contributed by atoms with Crippen molar-refractivity contribution in [3.05, 3.63) is 49.1 Å². The zero-order chi connectivity index (χ0) is 18.0. The lowest BCUT2D eigenvalue weighted by molar-refractivity contribution is -0.697. The summed E-state index contributed by atoms with van der Waals surface area (Å²) in [6.45, 7) is 1.14. The first-order chi connectivity index (χ1) is 12.8. The molecule has 1 fully saturated rings. The van der Waals surface area contributed by atoms with Crippen molar-refractivity contribution < 1.29 is 9.13 Å². The Bertz CT molecular complexity index is 624. The third-order valence-electron chi connectivity index (χ3n) is 5.96. The van der Waals surface area contributed by atoms with Crippen LogP contribution < -0.4 is 9.13 Å². The van der Waals surface area contributed by atoms with Gasteiger partial charge in [0.1, 0.15) is 13.6 Å². The zero-order valence-corrected chi connectivity index (χ0v) is 16.6. The van der Waals surface area contributed by atoms with E-state index >= 15 is 0 Å². The van der Waals surface area contributed by atoms with Gasteiger partial charge >= 0.3 is 0 Å². The maximum atomic E-state index is 2.33. The number of aromatic nitrogens is 2. The second-order valence-electron chi connectivity index (χ2n) is 8.14. The van der Waals surface area contributed by atoms with Crippen LogP contribution in [-0.2, 0) is 13.6 Å². The highest BCUT2D eigenvalue weighted by molar-refractivity contribution is 5.60. The Morgan fingerprint density at radius 1 is 0.731 bits per heavy atom. The van der Waals surface area contributed by atoms with E-state index in [4.69, 9.17) is 0 Å². The Morgan fingerprint density at radius 3 is 1.92 bits per heavy atom. The molecule has 0 saturated heterocycles. The molecule has 0 aromatic carbocycles. The summed E-state index contributed by atoms with van der Waals surface area (Å²) in [5.74, 6) is 1.08. The van der Waals surface area contributed by atoms with Crippen molar-refractivity contribution >= 4 is 0 Å². The van der Waals surface area contributed by atoms with E-state index in [1.165, 1.54) is 81.8 Å². The normalized spacial score (nSPS) is 14.8. The van der Waals surface area contributed by atoms with E-state index in [2.05, 4.69) is 65.2 Å². The second-order valence-corrected chi connectivity index (χ2v) is 8.14. The minimum Gasteiger partial charge on any atom is -0.208 e. The fraction of sp³-hybridized carbons (Fsp3) is 0.583. The van der Waals surface area contributed by atoms with Crippen LogP contribution in [0.1, 0.15) is 70.6 Å². The first-order valence-electron chi connectivity index (χ1n) is 10.8. The number of pyridine rings is 2. The SMILES string of the molecule is C[n+]1ccc(-c2cc[n+](CCCCCCCCC3CCCC3)cc2)cc1. The number of rotatable bonds is 10. The summed E-state index contributed by atoms with van der Waals surface area (Å²) in [6, 6.07) is 8.81. The summed E-state index contributed by atoms with van der Waals surface area (Å²) in [4.78, 5) is 0. The van der Waals surface area contributed by atoms with Crippen molar-refractivity contribution in [2.45, 2.75) is 77.2 Å². The van der Waals surface area contributed by atoms with Gasteiger partial charge in [-0.3, -0.25) is 0 Å². The molecule has 140 valence electrons. The highest BCUT2D eigenvalue weighted by atomic mass is 14.9. The minimum atomic E-state index is 1.08. The van der Waals surface area contributed by atoms with Gasteiger partial charge < -0.3 is 0 Å². The molecule has 2 nitrogen and oxygen atoms in total. The van der Waals surface area contributed by atoms with Gasteiger partial charge in [-0.15, -0.1) is 0 Å². The summed E-state index contributed by atoms with van der Waals surface area (Å²) in [7, 11) is 2.05. The van der Waals surface area contributed by atoms with Crippen molar-refractivity contribution in [2.75, 3.05) is 0 Å². The smallest absolute Gasteiger partial charge is 0.169 e. The molecule has 3 rings (SSSR count). The monoisotopic (exact) mass is 352 g/mol. The highest BCUT2D eigenvalue weighted by Gasteiger charge is 2.13. The Balaban J connectivity index is 1.27. The molecular formula is C24H36N2+2. The van der Waals surface area contributed by atoms with Gasteiger partial charge in [0, 0.05) is 30.7 Å². The molecule has 0 radical (unpaired) electrons. The molecule has 0 aliphatic heterocycles. The van der Waals surface area contributed by atoms with E-state index in [-0.39, 0.29) is 0 Å². The lowest BCUT2D eigenvalue weighted by Crippen LogP contribution is -2.32. The van der Waals surface area contributed by atoms with Crippen LogP contribution in [0.2, 0.25) is 0 Å². The van der Waals surface area contributed by atoms with E-state index in [1.807, 2.05) is 0 Å². The van der Waals surface area contributed by atoms with E-state index < -0.39 is 0 Å². The molecule has 2 heterocycles. The average molecular weight is 353 g/mol. The van der Waals surface area contributed by atoms with Gasteiger partial charge in [0.25, 0.3) is 0 Å². The number of aryl methyl sites for hydroxylation is 2. The Hall–Kier alpha value is -1.70. The molecule has 0 unspecified atom stereocenters. The van der Waals surface area contributed by atoms with Crippen molar-refractivity contribution in [3.63, 3.8) is 0 Å². The van der Waals surface area contributed by atoms with Crippen LogP contribution in [0.25, 0.3) is 11.1 Å². The molecule has 0 amide bonds. The average Bonchev–Trinajstić information content (AvgIpc) is 3.19. The van der Waals surface area contributed by atoms with Gasteiger partial charge in [-0.2, -0.15) is 0 Å². The molecule has 0 spiro atoms. The predicted octanol–water partition coefficient (Wildman–Crippen LogP) is 5.39. The fourth-order valence-corrected chi connectivity index (χ4v) is 4.23. The lowest BCUT2D eigenvalue weighted by Gasteiger charge is -2.07. The van der Waals surface area contributed by atoms with E-state index in [1.54, 1.807) is 0 Å². The van der Waals surface area contributed by atoms with Crippen LogP contribution in [0.5, 0.6) is 0 Å². The first-order valence-corrected chi connectivity index (χ1v) is 10.8. The highest BCUT2D eigenvalue weighted by Crippen LogP contribution is 2.29. The topological polar surface area (TPSA) is 7.76 Å². The largest absolute Gasteiger partial charge is 0.208 e. The van der Waals surface area contributed by atoms with Gasteiger partial charge in [-0.05, 0) is 23.5 Å². The third-order valence-corrected chi connectivity index (χ3v) is 5.96. The molecule has 26 heavy (non-hydrogen) atoms. The minimum absolute atomic E-state index is 1.08. The van der Waals surface area contributed by atoms with Gasteiger partial charge in [0.05, 0.1) is 0 Å². The van der Waals surface area contributed by atoms with Gasteiger partial charge in [-0.1, -0.05) is 57.8 Å². The molecule has 0 N–H and O–H groups in total. The van der Waals surface area contributed by atoms with Crippen LogP contribution in [0.4, 0.5) is 0 Å². The summed E-state index contributed by atoms with van der Waals surface area (Å²) in [5, 5.41) is 0. The van der Waals surface area contributed by atoms with Crippen LogP contribution >= 0.6 is 0 Å². The first kappa shape index (κ1) is 19.1. The maximum Gasteiger partial charge on any atom is 0.169 e. The molecule has 2 aromatic rings. The van der Waals surface area contributed by atoms with E-state index in [9.17, 15) is 0 Å². The van der Waals surface area contributed by atoms with Crippen LogP contribution in [0, 0.1) is 5.92 Å². The molecule has 1 saturated carbocycles. The lowest BCUT2D eigenvalue weighted by atomic mass is 9.99. The molecule has 1 aliphatic rings. The predicted molar refractivity (Wildman–Crippen MR) is 108 cm³/mol. The Labute approximate surface area is 159 Å². The van der Waals surface area contributed by atoms with Crippen molar-refractivity contribution in [3.8, 4) is 11.1 Å². The number of unbranched alkanes of at least 4 members (excludes halogenated alkanes) is 5. The molecule has 2 heteroatoms. The fourth-order valence-electron chi connectivity index (χ4n) is 4.23. The zero-order valence-electron chi connectivity index (χ0n) is 16.6. The molecule has 1 aliphatic carbocycles. The van der Waals surface area contributed by atoms with E-state index in [0.717, 1.165) is 12.5 Å². The van der Waals surface area contributed by atoms with Crippen molar-refractivity contribution in [2.24, 2.45) is 13.0 Å². The van der Waals surface area contributed by atoms with Crippen molar-refractivity contribution in [1.82, 2.24) is 0 Å². The summed E-state index contributed by atoms with van der Waals surface area (Å²) >= 11 is 0. The second kappa shape index (κ2) is 10.4. The number of hydrogen-bond donors (Lipinski definition) is 0. The van der Waals surface area contributed by atoms with Crippen LogP contribution in [0.15, 0.2) is 49.1 Å². The summed E-state index contributed by atoms with van der Waals surface area (Å²) in [6.07, 6.45) is 24.6. The van der Waals surface area contributed by atoms with E-state index in [0.29, 0.717) is 0 Å². The summed E-state index contributed by atoms with van der Waals surface area (Å²) in [5.41, 5.74) is 2.58. The van der Waals surface area contributed by atoms with Gasteiger partial charge in [-0.25, -0.2) is 9.13 Å². The molecule has 0 bridgehead atoms. The van der Waals surface area contributed by atoms with Crippen molar-refractivity contribution in [1.29, 1.82) is 0 Å². The number of hydrogen-bond acceptors (Lipinski definition) is 0. The van der Waals surface area contributed by atoms with Gasteiger partial charge in [0.15, 0.2) is 24.8 Å². The maximum absolute atomic E-state index is 2.33. The number of nitrogens with zero attached hydrogens (tertiary/aromatic N) is 2.